The van der Waals surface area contributed by atoms with Gasteiger partial charge in [-0.25, -0.2) is 10.3 Å². The second-order valence-electron chi connectivity index (χ2n) is 10.7. The van der Waals surface area contributed by atoms with Crippen LogP contribution in [-0.2, 0) is 26.2 Å². The summed E-state index contributed by atoms with van der Waals surface area (Å²) in [5.74, 6) is -2.84. The van der Waals surface area contributed by atoms with Gasteiger partial charge in [-0.3, -0.25) is 14.4 Å². The number of carbonyl (C=O) groups excluding carboxylic acids is 3. The molecule has 4 aromatic carbocycles. The molecule has 0 saturated carbocycles. The van der Waals surface area contributed by atoms with Crippen LogP contribution in [0, 0.1) is 11.8 Å². The van der Waals surface area contributed by atoms with E-state index in [1.54, 1.807) is 42.6 Å². The van der Waals surface area contributed by atoms with Crippen LogP contribution < -0.4 is 10.3 Å². The zero-order chi connectivity index (χ0) is 29.2. The first-order valence-corrected chi connectivity index (χ1v) is 14.5. The molecule has 1 N–H and O–H groups in total. The number of carbonyl (C=O) groups is 3. The summed E-state index contributed by atoms with van der Waals surface area (Å²) in [6, 6.07) is 27.4. The van der Waals surface area contributed by atoms with Crippen LogP contribution in [-0.4, -0.2) is 23.9 Å². The van der Waals surface area contributed by atoms with Crippen molar-refractivity contribution in [3.63, 3.8) is 0 Å². The summed E-state index contributed by atoms with van der Waals surface area (Å²) < 4.78 is 0. The highest BCUT2D eigenvalue weighted by atomic mass is 35.5. The molecule has 0 radical (unpaired) electrons. The molecular weight excluding hydrogens is 593 g/mol. The number of halogens is 3. The summed E-state index contributed by atoms with van der Waals surface area (Å²) >= 11 is 18.6. The topological polar surface area (TPSA) is 78.8 Å². The van der Waals surface area contributed by atoms with E-state index in [1.807, 2.05) is 48.5 Å². The SMILES string of the molecule is O=C(Cc1ccc(Cl)cc1)N/N=C\C12c3ccccc3C(c3ccccc31)[C@H]1C(=O)N(c3ccc(Cl)cc3Cl)C(=O)[C@H]12. The predicted octanol–water partition coefficient (Wildman–Crippen LogP) is 6.54. The maximum atomic E-state index is 14.4. The predicted molar refractivity (Wildman–Crippen MR) is 163 cm³/mol. The van der Waals surface area contributed by atoms with Crippen molar-refractivity contribution in [2.45, 2.75) is 17.8 Å². The minimum absolute atomic E-state index is 0.100. The summed E-state index contributed by atoms with van der Waals surface area (Å²) in [5.41, 5.74) is 6.30. The molecular formula is C33H22Cl3N3O3. The van der Waals surface area contributed by atoms with E-state index >= 15 is 0 Å². The Hall–Kier alpha value is -3.97. The van der Waals surface area contributed by atoms with Crippen LogP contribution in [0.5, 0.6) is 0 Å². The Kier molecular flexibility index (Phi) is 6.46. The van der Waals surface area contributed by atoms with Crippen LogP contribution in [0.4, 0.5) is 5.69 Å². The van der Waals surface area contributed by atoms with Gasteiger partial charge in [-0.05, 0) is 58.1 Å². The number of hydrazone groups is 1. The molecule has 1 heterocycles. The van der Waals surface area contributed by atoms with Crippen molar-refractivity contribution >= 4 is 64.4 Å². The molecule has 3 amide bonds. The lowest BCUT2D eigenvalue weighted by Crippen LogP contribution is -2.54. The zero-order valence-corrected chi connectivity index (χ0v) is 24.2. The number of hydrogen-bond donors (Lipinski definition) is 1. The molecule has 1 fully saturated rings. The van der Waals surface area contributed by atoms with Crippen molar-refractivity contribution in [3.8, 4) is 0 Å². The molecule has 9 heteroatoms. The number of imide groups is 1. The van der Waals surface area contributed by atoms with Crippen molar-refractivity contribution in [3.05, 3.63) is 134 Å². The molecule has 4 aliphatic rings. The highest BCUT2D eigenvalue weighted by molar-refractivity contribution is 6.38. The molecule has 0 spiro atoms. The van der Waals surface area contributed by atoms with Gasteiger partial charge in [-0.1, -0.05) is 95.5 Å². The van der Waals surface area contributed by atoms with Gasteiger partial charge in [0.2, 0.25) is 17.7 Å². The lowest BCUT2D eigenvalue weighted by molar-refractivity contribution is -0.123. The first-order valence-electron chi connectivity index (χ1n) is 13.4. The average Bonchev–Trinajstić information content (AvgIpc) is 3.25. The van der Waals surface area contributed by atoms with Gasteiger partial charge < -0.3 is 0 Å². The third-order valence-corrected chi connectivity index (χ3v) is 9.36. The van der Waals surface area contributed by atoms with Crippen molar-refractivity contribution in [1.29, 1.82) is 0 Å². The van der Waals surface area contributed by atoms with Gasteiger partial charge in [0.05, 0.1) is 34.4 Å². The number of rotatable bonds is 5. The van der Waals surface area contributed by atoms with Crippen LogP contribution >= 0.6 is 34.8 Å². The Morgan fingerprint density at radius 3 is 2.10 bits per heavy atom. The summed E-state index contributed by atoms with van der Waals surface area (Å²) in [6.07, 6.45) is 1.73. The van der Waals surface area contributed by atoms with Crippen LogP contribution in [0.25, 0.3) is 0 Å². The second kappa shape index (κ2) is 10.1. The lowest BCUT2D eigenvalue weighted by atomic mass is 9.47. The summed E-state index contributed by atoms with van der Waals surface area (Å²) in [7, 11) is 0. The van der Waals surface area contributed by atoms with E-state index in [0.29, 0.717) is 15.7 Å². The standard InChI is InChI=1S/C33H22Cl3N3O3/c34-19-11-9-18(10-12-19)15-27(40)38-37-17-33-23-7-3-1-5-21(23)28(22-6-2-4-8-24(22)33)29-30(33)32(42)39(31(29)41)26-14-13-20(35)16-25(26)36/h1-14,16-17,28-30H,15H2,(H,38,40)/b37-17-/t28?,29-,30+,33?/m1/s1. The fourth-order valence-corrected chi connectivity index (χ4v) is 7.60. The summed E-state index contributed by atoms with van der Waals surface area (Å²) in [5, 5.41) is 5.64. The number of amides is 3. The van der Waals surface area contributed by atoms with Crippen molar-refractivity contribution in [2.75, 3.05) is 4.90 Å². The van der Waals surface area contributed by atoms with Gasteiger partial charge in [-0.2, -0.15) is 5.10 Å². The smallest absolute Gasteiger partial charge is 0.244 e. The van der Waals surface area contributed by atoms with E-state index < -0.39 is 17.3 Å². The molecule has 3 aliphatic carbocycles. The van der Waals surface area contributed by atoms with Gasteiger partial charge in [0, 0.05) is 22.2 Å². The Labute approximate surface area is 256 Å². The second-order valence-corrected chi connectivity index (χ2v) is 12.0. The van der Waals surface area contributed by atoms with Crippen molar-refractivity contribution in [2.24, 2.45) is 16.9 Å². The van der Waals surface area contributed by atoms with Gasteiger partial charge in [0.1, 0.15) is 0 Å². The molecule has 8 rings (SSSR count). The highest BCUT2D eigenvalue weighted by Crippen LogP contribution is 2.63. The summed E-state index contributed by atoms with van der Waals surface area (Å²) in [6.45, 7) is 0. The van der Waals surface area contributed by atoms with Gasteiger partial charge >= 0.3 is 0 Å². The van der Waals surface area contributed by atoms with Crippen molar-refractivity contribution in [1.82, 2.24) is 5.43 Å². The first-order chi connectivity index (χ1) is 20.3. The monoisotopic (exact) mass is 613 g/mol. The van der Waals surface area contributed by atoms with Gasteiger partial charge in [-0.15, -0.1) is 0 Å². The van der Waals surface area contributed by atoms with Crippen LogP contribution in [0.2, 0.25) is 15.1 Å². The van der Waals surface area contributed by atoms with Crippen LogP contribution in [0.3, 0.4) is 0 Å². The molecule has 0 aromatic heterocycles. The highest BCUT2D eigenvalue weighted by Gasteiger charge is 2.68. The van der Waals surface area contributed by atoms with Gasteiger partial charge in [0.15, 0.2) is 0 Å². The molecule has 6 nitrogen and oxygen atoms in total. The van der Waals surface area contributed by atoms with E-state index in [9.17, 15) is 14.4 Å². The Morgan fingerprint density at radius 1 is 0.833 bits per heavy atom. The van der Waals surface area contributed by atoms with E-state index in [2.05, 4.69) is 10.5 Å². The zero-order valence-electron chi connectivity index (χ0n) is 21.9. The number of hydrogen-bond acceptors (Lipinski definition) is 4. The summed E-state index contributed by atoms with van der Waals surface area (Å²) in [4.78, 5) is 42.7. The quantitative estimate of drug-likeness (QED) is 0.158. The first kappa shape index (κ1) is 26.9. The third-order valence-electron chi connectivity index (χ3n) is 8.57. The maximum absolute atomic E-state index is 14.4. The Bertz CT molecular complexity index is 1770. The molecule has 1 saturated heterocycles. The van der Waals surface area contributed by atoms with Gasteiger partial charge in [0.25, 0.3) is 0 Å². The van der Waals surface area contributed by atoms with Crippen LogP contribution in [0.15, 0.2) is 96.1 Å². The third kappa shape index (κ3) is 3.93. The van der Waals surface area contributed by atoms with E-state index in [1.165, 1.54) is 11.0 Å². The number of nitrogens with one attached hydrogen (secondary N) is 1. The maximum Gasteiger partial charge on any atom is 0.244 e. The van der Waals surface area contributed by atoms with E-state index in [4.69, 9.17) is 34.8 Å². The Balaban J connectivity index is 1.35. The molecule has 4 aromatic rings. The number of anilines is 1. The fourth-order valence-electron chi connectivity index (χ4n) is 6.98. The molecule has 2 bridgehead atoms. The molecule has 2 atom stereocenters. The minimum atomic E-state index is -1.11. The lowest BCUT2D eigenvalue weighted by Gasteiger charge is -2.52. The minimum Gasteiger partial charge on any atom is -0.274 e. The fraction of sp³-hybridized carbons (Fsp3) is 0.152. The van der Waals surface area contributed by atoms with E-state index in [0.717, 1.165) is 27.8 Å². The molecule has 208 valence electrons. The molecule has 0 unspecified atom stereocenters. The number of nitrogens with zero attached hydrogens (tertiary/aromatic N) is 2. The normalized spacial score (nSPS) is 23.6. The van der Waals surface area contributed by atoms with Crippen LogP contribution in [0.1, 0.15) is 33.7 Å². The molecule has 1 aliphatic heterocycles. The van der Waals surface area contributed by atoms with E-state index in [-0.39, 0.29) is 35.1 Å². The molecule has 42 heavy (non-hydrogen) atoms. The largest absolute Gasteiger partial charge is 0.274 e. The van der Waals surface area contributed by atoms with Crippen molar-refractivity contribution < 1.29 is 14.4 Å². The Morgan fingerprint density at radius 2 is 1.45 bits per heavy atom. The number of benzene rings is 4. The average molecular weight is 615 g/mol.